The molecule has 0 aliphatic carbocycles. The van der Waals surface area contributed by atoms with Crippen molar-refractivity contribution in [3.05, 3.63) is 94.7 Å². The highest BCUT2D eigenvalue weighted by Crippen LogP contribution is 2.17. The normalized spacial score (nSPS) is 11.8. The zero-order valence-electron chi connectivity index (χ0n) is 16.7. The maximum Gasteiger partial charge on any atom is 0.420 e. The standard InChI is InChI=1S/C23H20N4O4/c1-15(27-19-7-2-3-8-20(19)31-23(27)30)21(28)25-14-16-5-4-6-18(13-16)26-22(29)17-9-11-24-12-10-17/h2-13,15H,14H2,1H3,(H,25,28)(H,26,29). The van der Waals surface area contributed by atoms with E-state index in [9.17, 15) is 14.4 Å². The van der Waals surface area contributed by atoms with Gasteiger partial charge in [0.05, 0.1) is 5.52 Å². The Hall–Kier alpha value is -4.20. The van der Waals surface area contributed by atoms with E-state index in [1.54, 1.807) is 73.9 Å². The van der Waals surface area contributed by atoms with Gasteiger partial charge in [0, 0.05) is 30.2 Å². The number of fused-ring (bicyclic) bond motifs is 1. The number of nitrogens with zero attached hydrogens (tertiary/aromatic N) is 2. The Bertz CT molecular complexity index is 1290. The van der Waals surface area contributed by atoms with Crippen LogP contribution in [-0.4, -0.2) is 21.4 Å². The Kier molecular flexibility index (Phi) is 5.61. The van der Waals surface area contributed by atoms with E-state index in [-0.39, 0.29) is 18.4 Å². The topological polar surface area (TPSA) is 106 Å². The van der Waals surface area contributed by atoms with Crippen LogP contribution in [-0.2, 0) is 11.3 Å². The molecule has 0 aliphatic rings. The Morgan fingerprint density at radius 1 is 1.06 bits per heavy atom. The number of nitrogens with one attached hydrogen (secondary N) is 2. The molecule has 2 amide bonds. The lowest BCUT2D eigenvalue weighted by Crippen LogP contribution is -2.34. The number of carbonyl (C=O) groups is 2. The summed E-state index contributed by atoms with van der Waals surface area (Å²) in [5.74, 6) is -1.15. The van der Waals surface area contributed by atoms with Crippen molar-refractivity contribution in [3.8, 4) is 0 Å². The molecule has 31 heavy (non-hydrogen) atoms. The maximum absolute atomic E-state index is 12.7. The number of hydrogen-bond acceptors (Lipinski definition) is 5. The van der Waals surface area contributed by atoms with Crippen molar-refractivity contribution in [1.82, 2.24) is 14.9 Å². The number of benzene rings is 2. The average molecular weight is 416 g/mol. The van der Waals surface area contributed by atoms with Gasteiger partial charge in [0.1, 0.15) is 6.04 Å². The molecular weight excluding hydrogens is 396 g/mol. The van der Waals surface area contributed by atoms with E-state index in [0.29, 0.717) is 22.4 Å². The number of aromatic nitrogens is 2. The number of pyridine rings is 1. The average Bonchev–Trinajstić information content (AvgIpc) is 3.13. The van der Waals surface area contributed by atoms with Crippen LogP contribution in [0.15, 0.2) is 82.3 Å². The predicted octanol–water partition coefficient (Wildman–Crippen LogP) is 3.12. The second kappa shape index (κ2) is 8.66. The number of hydrogen-bond donors (Lipinski definition) is 2. The summed E-state index contributed by atoms with van der Waals surface area (Å²) >= 11 is 0. The van der Waals surface area contributed by atoms with E-state index in [2.05, 4.69) is 15.6 Å². The van der Waals surface area contributed by atoms with Gasteiger partial charge in [-0.1, -0.05) is 24.3 Å². The van der Waals surface area contributed by atoms with Crippen LogP contribution < -0.4 is 16.4 Å². The van der Waals surface area contributed by atoms with E-state index in [4.69, 9.17) is 4.42 Å². The number of anilines is 1. The van der Waals surface area contributed by atoms with Crippen LogP contribution in [0, 0.1) is 0 Å². The van der Waals surface area contributed by atoms with Gasteiger partial charge in [0.2, 0.25) is 5.91 Å². The Morgan fingerprint density at radius 2 is 1.84 bits per heavy atom. The summed E-state index contributed by atoms with van der Waals surface area (Å²) in [7, 11) is 0. The van der Waals surface area contributed by atoms with Crippen LogP contribution in [0.2, 0.25) is 0 Å². The van der Waals surface area contributed by atoms with Gasteiger partial charge in [-0.25, -0.2) is 4.79 Å². The van der Waals surface area contributed by atoms with Crippen molar-refractivity contribution in [2.75, 3.05) is 5.32 Å². The minimum atomic E-state index is -0.745. The summed E-state index contributed by atoms with van der Waals surface area (Å²) in [6.07, 6.45) is 3.10. The molecule has 0 radical (unpaired) electrons. The lowest BCUT2D eigenvalue weighted by molar-refractivity contribution is -0.124. The largest absolute Gasteiger partial charge is 0.420 e. The first kappa shape index (κ1) is 20.1. The minimum absolute atomic E-state index is 0.243. The number of rotatable bonds is 6. The highest BCUT2D eigenvalue weighted by molar-refractivity contribution is 6.04. The van der Waals surface area contributed by atoms with Crippen molar-refractivity contribution < 1.29 is 14.0 Å². The molecule has 0 bridgehead atoms. The lowest BCUT2D eigenvalue weighted by atomic mass is 10.1. The summed E-state index contributed by atoms with van der Waals surface area (Å²) in [5, 5.41) is 5.65. The van der Waals surface area contributed by atoms with Crippen LogP contribution >= 0.6 is 0 Å². The highest BCUT2D eigenvalue weighted by Gasteiger charge is 2.21. The zero-order chi connectivity index (χ0) is 21.8. The Labute approximate surface area is 177 Å². The molecule has 2 heterocycles. The second-order valence-corrected chi connectivity index (χ2v) is 6.99. The summed E-state index contributed by atoms with van der Waals surface area (Å²) in [6, 6.07) is 16.7. The smallest absolute Gasteiger partial charge is 0.408 e. The van der Waals surface area contributed by atoms with E-state index >= 15 is 0 Å². The van der Waals surface area contributed by atoms with Gasteiger partial charge in [0.15, 0.2) is 5.58 Å². The van der Waals surface area contributed by atoms with Gasteiger partial charge in [-0.2, -0.15) is 0 Å². The number of para-hydroxylation sites is 2. The highest BCUT2D eigenvalue weighted by atomic mass is 16.4. The van der Waals surface area contributed by atoms with E-state index in [1.165, 1.54) is 4.57 Å². The summed E-state index contributed by atoms with van der Waals surface area (Å²) in [5.41, 5.74) is 2.91. The molecule has 2 aromatic heterocycles. The molecule has 156 valence electrons. The molecule has 0 aliphatic heterocycles. The second-order valence-electron chi connectivity index (χ2n) is 6.99. The van der Waals surface area contributed by atoms with Crippen molar-refractivity contribution in [2.24, 2.45) is 0 Å². The quantitative estimate of drug-likeness (QED) is 0.502. The maximum atomic E-state index is 12.7. The molecule has 8 nitrogen and oxygen atoms in total. The first-order valence-corrected chi connectivity index (χ1v) is 9.71. The van der Waals surface area contributed by atoms with E-state index in [1.807, 2.05) is 6.07 Å². The SMILES string of the molecule is CC(C(=O)NCc1cccc(NC(=O)c2ccncc2)c1)n1c(=O)oc2ccccc21. The minimum Gasteiger partial charge on any atom is -0.408 e. The van der Waals surface area contributed by atoms with E-state index < -0.39 is 11.8 Å². The zero-order valence-corrected chi connectivity index (χ0v) is 16.7. The molecule has 8 heteroatoms. The van der Waals surface area contributed by atoms with Crippen molar-refractivity contribution in [1.29, 1.82) is 0 Å². The molecule has 1 unspecified atom stereocenters. The fraction of sp³-hybridized carbons (Fsp3) is 0.130. The molecule has 4 aromatic rings. The molecular formula is C23H20N4O4. The molecule has 0 saturated carbocycles. The number of amides is 2. The van der Waals surface area contributed by atoms with Gasteiger partial charge in [0.25, 0.3) is 5.91 Å². The van der Waals surface area contributed by atoms with Crippen LogP contribution in [0.5, 0.6) is 0 Å². The van der Waals surface area contributed by atoms with Crippen LogP contribution in [0.3, 0.4) is 0 Å². The molecule has 1 atom stereocenters. The molecule has 2 N–H and O–H groups in total. The van der Waals surface area contributed by atoms with Crippen LogP contribution in [0.25, 0.3) is 11.1 Å². The van der Waals surface area contributed by atoms with Gasteiger partial charge in [-0.05, 0) is 48.9 Å². The lowest BCUT2D eigenvalue weighted by Gasteiger charge is -2.14. The van der Waals surface area contributed by atoms with Crippen LogP contribution in [0.1, 0.15) is 28.9 Å². The molecule has 0 saturated heterocycles. The van der Waals surface area contributed by atoms with Gasteiger partial charge < -0.3 is 15.1 Å². The molecule has 0 fully saturated rings. The van der Waals surface area contributed by atoms with Gasteiger partial charge in [-0.15, -0.1) is 0 Å². The van der Waals surface area contributed by atoms with E-state index in [0.717, 1.165) is 5.56 Å². The van der Waals surface area contributed by atoms with Crippen LogP contribution in [0.4, 0.5) is 5.69 Å². The molecule has 0 spiro atoms. The summed E-state index contributed by atoms with van der Waals surface area (Å²) in [4.78, 5) is 41.1. The third-order valence-electron chi connectivity index (χ3n) is 4.88. The summed E-state index contributed by atoms with van der Waals surface area (Å²) in [6.45, 7) is 1.89. The Morgan fingerprint density at radius 3 is 2.65 bits per heavy atom. The first-order valence-electron chi connectivity index (χ1n) is 9.71. The van der Waals surface area contributed by atoms with Crippen molar-refractivity contribution in [3.63, 3.8) is 0 Å². The first-order chi connectivity index (χ1) is 15.0. The summed E-state index contributed by atoms with van der Waals surface area (Å²) < 4.78 is 6.53. The third-order valence-corrected chi connectivity index (χ3v) is 4.88. The van der Waals surface area contributed by atoms with Crippen molar-refractivity contribution >= 4 is 28.6 Å². The Balaban J connectivity index is 1.42. The van der Waals surface area contributed by atoms with Gasteiger partial charge in [-0.3, -0.25) is 19.1 Å². The van der Waals surface area contributed by atoms with Gasteiger partial charge >= 0.3 is 5.76 Å². The molecule has 2 aromatic carbocycles. The monoisotopic (exact) mass is 416 g/mol. The number of oxazole rings is 1. The molecule has 4 rings (SSSR count). The third kappa shape index (κ3) is 4.37. The number of carbonyl (C=O) groups excluding carboxylic acids is 2. The van der Waals surface area contributed by atoms with Crippen molar-refractivity contribution in [2.45, 2.75) is 19.5 Å². The fourth-order valence-electron chi connectivity index (χ4n) is 3.27. The fourth-order valence-corrected chi connectivity index (χ4v) is 3.27. The predicted molar refractivity (Wildman–Crippen MR) is 116 cm³/mol.